The zero-order valence-corrected chi connectivity index (χ0v) is 14.8. The van der Waals surface area contributed by atoms with Crippen molar-refractivity contribution in [1.29, 1.82) is 0 Å². The first kappa shape index (κ1) is 15.1. The largest absolute Gasteiger partial charge is 0.302 e. The van der Waals surface area contributed by atoms with Gasteiger partial charge in [0.1, 0.15) is 0 Å². The summed E-state index contributed by atoms with van der Waals surface area (Å²) >= 11 is 1.51. The first-order valence-electron chi connectivity index (χ1n) is 9.02. The maximum Gasteiger partial charge on any atom is 0.229 e. The van der Waals surface area contributed by atoms with E-state index in [-0.39, 0.29) is 11.8 Å². The van der Waals surface area contributed by atoms with Crippen LogP contribution in [-0.2, 0) is 4.79 Å². The van der Waals surface area contributed by atoms with E-state index in [9.17, 15) is 4.79 Å². The third-order valence-electron chi connectivity index (χ3n) is 5.85. The fourth-order valence-corrected chi connectivity index (χ4v) is 5.30. The van der Waals surface area contributed by atoms with Crippen molar-refractivity contribution in [3.63, 3.8) is 0 Å². The highest BCUT2D eigenvalue weighted by atomic mass is 32.1. The molecule has 2 aliphatic carbocycles. The smallest absolute Gasteiger partial charge is 0.229 e. The molecule has 0 radical (unpaired) electrons. The van der Waals surface area contributed by atoms with Crippen LogP contribution in [-0.4, -0.2) is 10.9 Å². The second kappa shape index (κ2) is 5.95. The third-order valence-corrected chi connectivity index (χ3v) is 6.61. The zero-order chi connectivity index (χ0) is 16.8. The van der Waals surface area contributed by atoms with Crippen LogP contribution >= 0.6 is 11.3 Å². The molecular weight excluding hydrogens is 328 g/mol. The number of hydrogen-bond donors (Lipinski definition) is 1. The van der Waals surface area contributed by atoms with Gasteiger partial charge in [-0.1, -0.05) is 42.8 Å². The van der Waals surface area contributed by atoms with Gasteiger partial charge in [0, 0.05) is 16.9 Å². The molecule has 2 bridgehead atoms. The van der Waals surface area contributed by atoms with Crippen LogP contribution in [0.25, 0.3) is 22.0 Å². The monoisotopic (exact) mass is 348 g/mol. The summed E-state index contributed by atoms with van der Waals surface area (Å²) in [6.45, 7) is 0. The van der Waals surface area contributed by atoms with Crippen LogP contribution in [0, 0.1) is 17.8 Å². The van der Waals surface area contributed by atoms with Crippen LogP contribution in [0.5, 0.6) is 0 Å². The average Bonchev–Trinajstić information content (AvgIpc) is 3.38. The van der Waals surface area contributed by atoms with Crippen LogP contribution < -0.4 is 5.32 Å². The van der Waals surface area contributed by atoms with E-state index in [1.54, 1.807) is 0 Å². The lowest BCUT2D eigenvalue weighted by molar-refractivity contribution is -0.121. The Bertz CT molecular complexity index is 948. The van der Waals surface area contributed by atoms with Crippen molar-refractivity contribution in [2.24, 2.45) is 17.8 Å². The zero-order valence-electron chi connectivity index (χ0n) is 13.9. The fraction of sp³-hybridized carbons (Fsp3) is 0.333. The SMILES string of the molecule is O=C(Nc1nc(-c2ccc3ccccc3c2)cs1)C1CC2CCC1C2. The molecule has 3 unspecified atom stereocenters. The van der Waals surface area contributed by atoms with Gasteiger partial charge in [0.25, 0.3) is 0 Å². The molecule has 25 heavy (non-hydrogen) atoms. The van der Waals surface area contributed by atoms with Gasteiger partial charge in [0.15, 0.2) is 5.13 Å². The van der Waals surface area contributed by atoms with Gasteiger partial charge >= 0.3 is 0 Å². The molecular formula is C21H20N2OS. The third kappa shape index (κ3) is 2.74. The summed E-state index contributed by atoms with van der Waals surface area (Å²) in [7, 11) is 0. The average molecular weight is 348 g/mol. The molecule has 5 rings (SSSR count). The highest BCUT2D eigenvalue weighted by molar-refractivity contribution is 7.14. The highest BCUT2D eigenvalue weighted by Crippen LogP contribution is 2.48. The molecule has 3 nitrogen and oxygen atoms in total. The second-order valence-electron chi connectivity index (χ2n) is 7.37. The van der Waals surface area contributed by atoms with Crippen molar-refractivity contribution < 1.29 is 4.79 Å². The molecule has 2 aliphatic rings. The number of anilines is 1. The predicted molar refractivity (Wildman–Crippen MR) is 103 cm³/mol. The van der Waals surface area contributed by atoms with E-state index in [1.807, 2.05) is 17.5 Å². The Labute approximate surface area is 151 Å². The number of amides is 1. The predicted octanol–water partition coefficient (Wildman–Crippen LogP) is 5.34. The van der Waals surface area contributed by atoms with Crippen molar-refractivity contribution in [1.82, 2.24) is 4.98 Å². The normalized spacial score (nSPS) is 24.7. The van der Waals surface area contributed by atoms with Gasteiger partial charge in [-0.25, -0.2) is 4.98 Å². The molecule has 2 aromatic carbocycles. The van der Waals surface area contributed by atoms with E-state index >= 15 is 0 Å². The molecule has 3 atom stereocenters. The van der Waals surface area contributed by atoms with E-state index < -0.39 is 0 Å². The lowest BCUT2D eigenvalue weighted by atomic mass is 9.88. The fourth-order valence-electron chi connectivity index (χ4n) is 4.58. The van der Waals surface area contributed by atoms with Gasteiger partial charge in [-0.3, -0.25) is 4.79 Å². The number of carbonyl (C=O) groups is 1. The summed E-state index contributed by atoms with van der Waals surface area (Å²) in [5.74, 6) is 1.76. The summed E-state index contributed by atoms with van der Waals surface area (Å²) in [6, 6.07) is 14.7. The van der Waals surface area contributed by atoms with Crippen LogP contribution in [0.3, 0.4) is 0 Å². The van der Waals surface area contributed by atoms with Gasteiger partial charge in [-0.2, -0.15) is 0 Å². The summed E-state index contributed by atoms with van der Waals surface area (Å²) in [6.07, 6.45) is 4.86. The number of fused-ring (bicyclic) bond motifs is 3. The number of thiazole rings is 1. The Balaban J connectivity index is 1.35. The Morgan fingerprint density at radius 2 is 1.96 bits per heavy atom. The van der Waals surface area contributed by atoms with Crippen LogP contribution in [0.2, 0.25) is 0 Å². The van der Waals surface area contributed by atoms with Crippen LogP contribution in [0.4, 0.5) is 5.13 Å². The van der Waals surface area contributed by atoms with Gasteiger partial charge in [0.05, 0.1) is 5.69 Å². The lowest BCUT2D eigenvalue weighted by Crippen LogP contribution is -2.27. The molecule has 0 spiro atoms. The van der Waals surface area contributed by atoms with Crippen molar-refractivity contribution in [2.45, 2.75) is 25.7 Å². The molecule has 0 saturated heterocycles. The van der Waals surface area contributed by atoms with Crippen LogP contribution in [0.15, 0.2) is 47.8 Å². The number of rotatable bonds is 3. The number of nitrogens with one attached hydrogen (secondary N) is 1. The molecule has 2 fully saturated rings. The molecule has 0 aliphatic heterocycles. The highest BCUT2D eigenvalue weighted by Gasteiger charge is 2.43. The van der Waals surface area contributed by atoms with E-state index in [1.165, 1.54) is 41.4 Å². The first-order valence-corrected chi connectivity index (χ1v) is 9.90. The Kier molecular flexibility index (Phi) is 3.59. The van der Waals surface area contributed by atoms with Crippen molar-refractivity contribution in [3.05, 3.63) is 47.8 Å². The summed E-state index contributed by atoms with van der Waals surface area (Å²) in [5, 5.41) is 8.25. The molecule has 1 aromatic heterocycles. The Morgan fingerprint density at radius 3 is 2.76 bits per heavy atom. The van der Waals surface area contributed by atoms with Crippen molar-refractivity contribution in [3.8, 4) is 11.3 Å². The topological polar surface area (TPSA) is 42.0 Å². The van der Waals surface area contributed by atoms with E-state index in [2.05, 4.69) is 40.6 Å². The maximum atomic E-state index is 12.6. The minimum Gasteiger partial charge on any atom is -0.302 e. The minimum absolute atomic E-state index is 0.173. The summed E-state index contributed by atoms with van der Waals surface area (Å²) in [4.78, 5) is 17.2. The summed E-state index contributed by atoms with van der Waals surface area (Å²) in [5.41, 5.74) is 2.02. The van der Waals surface area contributed by atoms with Gasteiger partial charge in [0.2, 0.25) is 5.91 Å². The standard InChI is InChI=1S/C21H20N2OS/c24-20(18-10-13-5-6-16(18)9-13)23-21-22-19(12-25-21)17-8-7-14-3-1-2-4-15(14)11-17/h1-4,7-8,11-13,16,18H,5-6,9-10H2,(H,22,23,24). The summed E-state index contributed by atoms with van der Waals surface area (Å²) < 4.78 is 0. The second-order valence-corrected chi connectivity index (χ2v) is 8.23. The number of benzene rings is 2. The van der Waals surface area contributed by atoms with Gasteiger partial charge in [-0.05, 0) is 47.9 Å². The lowest BCUT2D eigenvalue weighted by Gasteiger charge is -2.19. The van der Waals surface area contributed by atoms with E-state index in [4.69, 9.17) is 0 Å². The quantitative estimate of drug-likeness (QED) is 0.694. The maximum absolute atomic E-state index is 12.6. The Hall–Kier alpha value is -2.20. The molecule has 1 amide bonds. The van der Waals surface area contributed by atoms with Crippen molar-refractivity contribution >= 4 is 33.1 Å². The van der Waals surface area contributed by atoms with Crippen LogP contribution in [0.1, 0.15) is 25.7 Å². The molecule has 2 saturated carbocycles. The number of hydrogen-bond acceptors (Lipinski definition) is 3. The molecule has 126 valence electrons. The Morgan fingerprint density at radius 1 is 1.08 bits per heavy atom. The van der Waals surface area contributed by atoms with E-state index in [0.717, 1.165) is 28.7 Å². The molecule has 4 heteroatoms. The van der Waals surface area contributed by atoms with E-state index in [0.29, 0.717) is 5.92 Å². The minimum atomic E-state index is 0.173. The van der Waals surface area contributed by atoms with Gasteiger partial charge in [-0.15, -0.1) is 11.3 Å². The molecule has 1 heterocycles. The molecule has 3 aromatic rings. The number of nitrogens with zero attached hydrogens (tertiary/aromatic N) is 1. The molecule has 1 N–H and O–H groups in total. The van der Waals surface area contributed by atoms with Crippen molar-refractivity contribution in [2.75, 3.05) is 5.32 Å². The number of aromatic nitrogens is 1. The van der Waals surface area contributed by atoms with Gasteiger partial charge < -0.3 is 5.32 Å². The number of carbonyl (C=O) groups excluding carboxylic acids is 1. The first-order chi connectivity index (χ1) is 12.3.